The third-order valence-electron chi connectivity index (χ3n) is 2.61. The Morgan fingerprint density at radius 2 is 1.90 bits per heavy atom. The van der Waals surface area contributed by atoms with Crippen LogP contribution in [0.3, 0.4) is 0 Å². The molecule has 2 N–H and O–H groups in total. The highest BCUT2D eigenvalue weighted by Gasteiger charge is 2.06. The summed E-state index contributed by atoms with van der Waals surface area (Å²) in [6.07, 6.45) is 0.919. The van der Waals surface area contributed by atoms with Crippen LogP contribution in [0.15, 0.2) is 42.5 Å². The van der Waals surface area contributed by atoms with Crippen LogP contribution >= 0.6 is 0 Å². The first kappa shape index (κ1) is 13.8. The van der Waals surface area contributed by atoms with Gasteiger partial charge >= 0.3 is 0 Å². The molecule has 4 nitrogen and oxygen atoms in total. The molecule has 102 valence electrons. The third kappa shape index (κ3) is 3.42. The Kier molecular flexibility index (Phi) is 4.46. The van der Waals surface area contributed by atoms with Gasteiger partial charge in [0, 0.05) is 23.9 Å². The summed E-state index contributed by atoms with van der Waals surface area (Å²) >= 11 is 0. The van der Waals surface area contributed by atoms with Crippen molar-refractivity contribution in [2.45, 2.75) is 13.3 Å². The molecule has 0 radical (unpaired) electrons. The highest BCUT2D eigenvalue weighted by atomic mass is 16.5. The van der Waals surface area contributed by atoms with E-state index in [0.29, 0.717) is 35.1 Å². The van der Waals surface area contributed by atoms with E-state index in [1.165, 1.54) is 0 Å². The summed E-state index contributed by atoms with van der Waals surface area (Å²) in [4.78, 5) is 0. The number of nitrogens with zero attached hydrogens (tertiary/aromatic N) is 1. The Bertz CT molecular complexity index is 633. The van der Waals surface area contributed by atoms with Crippen LogP contribution in [0.25, 0.3) is 0 Å². The SMILES string of the molecule is CCCOc1cc(N)cc(Oc2ccccc2C#N)c1. The fraction of sp³-hybridized carbons (Fsp3) is 0.188. The number of anilines is 1. The van der Waals surface area contributed by atoms with E-state index in [9.17, 15) is 0 Å². The number of para-hydroxylation sites is 1. The number of rotatable bonds is 5. The van der Waals surface area contributed by atoms with Crippen molar-refractivity contribution in [1.82, 2.24) is 0 Å². The number of hydrogen-bond donors (Lipinski definition) is 1. The molecule has 0 saturated heterocycles. The van der Waals surface area contributed by atoms with Crippen LogP contribution in [0, 0.1) is 11.3 Å². The fourth-order valence-corrected chi connectivity index (χ4v) is 1.73. The molecule has 2 aromatic carbocycles. The summed E-state index contributed by atoms with van der Waals surface area (Å²) in [5.74, 6) is 1.72. The zero-order valence-corrected chi connectivity index (χ0v) is 11.3. The molecule has 0 atom stereocenters. The van der Waals surface area contributed by atoms with Gasteiger partial charge in [-0.25, -0.2) is 0 Å². The van der Waals surface area contributed by atoms with Gasteiger partial charge in [-0.1, -0.05) is 19.1 Å². The van der Waals surface area contributed by atoms with Crippen LogP contribution in [0.2, 0.25) is 0 Å². The molecule has 0 saturated carbocycles. The molecular formula is C16H16N2O2. The number of ether oxygens (including phenoxy) is 2. The van der Waals surface area contributed by atoms with Crippen LogP contribution in [0.5, 0.6) is 17.2 Å². The molecule has 0 aromatic heterocycles. The molecule has 0 fully saturated rings. The van der Waals surface area contributed by atoms with Crippen LogP contribution in [-0.4, -0.2) is 6.61 Å². The minimum atomic E-state index is 0.478. The lowest BCUT2D eigenvalue weighted by Gasteiger charge is -2.11. The van der Waals surface area contributed by atoms with Crippen LogP contribution in [0.1, 0.15) is 18.9 Å². The molecule has 20 heavy (non-hydrogen) atoms. The van der Waals surface area contributed by atoms with Crippen molar-refractivity contribution in [1.29, 1.82) is 5.26 Å². The third-order valence-corrected chi connectivity index (χ3v) is 2.61. The Hall–Kier alpha value is -2.67. The van der Waals surface area contributed by atoms with Gasteiger partial charge in [-0.2, -0.15) is 5.26 Å². The van der Waals surface area contributed by atoms with Crippen LogP contribution < -0.4 is 15.2 Å². The molecule has 0 spiro atoms. The maximum Gasteiger partial charge on any atom is 0.145 e. The van der Waals surface area contributed by atoms with Crippen LogP contribution in [-0.2, 0) is 0 Å². The second-order valence-electron chi connectivity index (χ2n) is 4.30. The average Bonchev–Trinajstić information content (AvgIpc) is 2.45. The van der Waals surface area contributed by atoms with E-state index in [0.717, 1.165) is 6.42 Å². The summed E-state index contributed by atoms with van der Waals surface area (Å²) in [5.41, 5.74) is 6.87. The molecule has 2 aromatic rings. The van der Waals surface area contributed by atoms with Gasteiger partial charge in [-0.05, 0) is 18.6 Å². The van der Waals surface area contributed by atoms with Gasteiger partial charge in [0.05, 0.1) is 12.2 Å². The van der Waals surface area contributed by atoms with Gasteiger partial charge in [0.2, 0.25) is 0 Å². The number of benzene rings is 2. The smallest absolute Gasteiger partial charge is 0.145 e. The van der Waals surface area contributed by atoms with Crippen molar-refractivity contribution < 1.29 is 9.47 Å². The van der Waals surface area contributed by atoms with Gasteiger partial charge in [-0.3, -0.25) is 0 Å². The zero-order valence-electron chi connectivity index (χ0n) is 11.3. The number of hydrogen-bond acceptors (Lipinski definition) is 4. The Labute approximate surface area is 118 Å². The standard InChI is InChI=1S/C16H16N2O2/c1-2-7-19-14-8-13(18)9-15(10-14)20-16-6-4-3-5-12(16)11-17/h3-6,8-10H,2,7,18H2,1H3. The second-order valence-corrected chi connectivity index (χ2v) is 4.30. The van der Waals surface area contributed by atoms with E-state index >= 15 is 0 Å². The van der Waals surface area contributed by atoms with E-state index in [1.807, 2.05) is 13.0 Å². The van der Waals surface area contributed by atoms with Crippen molar-refractivity contribution >= 4 is 5.69 Å². The van der Waals surface area contributed by atoms with E-state index in [-0.39, 0.29) is 0 Å². The minimum absolute atomic E-state index is 0.478. The van der Waals surface area contributed by atoms with Crippen molar-refractivity contribution in [3.63, 3.8) is 0 Å². The zero-order chi connectivity index (χ0) is 14.4. The second kappa shape index (κ2) is 6.48. The lowest BCUT2D eigenvalue weighted by Crippen LogP contribution is -1.97. The van der Waals surface area contributed by atoms with E-state index in [2.05, 4.69) is 6.07 Å². The first-order valence-corrected chi connectivity index (χ1v) is 6.43. The molecule has 0 unspecified atom stereocenters. The molecule has 0 aliphatic heterocycles. The molecule has 2 rings (SSSR count). The highest BCUT2D eigenvalue weighted by Crippen LogP contribution is 2.30. The van der Waals surface area contributed by atoms with Gasteiger partial charge in [0.1, 0.15) is 23.3 Å². The van der Waals surface area contributed by atoms with E-state index in [4.69, 9.17) is 20.5 Å². The van der Waals surface area contributed by atoms with Crippen molar-refractivity contribution in [3.05, 3.63) is 48.0 Å². The predicted octanol–water partition coefficient (Wildman–Crippen LogP) is 3.72. The van der Waals surface area contributed by atoms with Gasteiger partial charge in [-0.15, -0.1) is 0 Å². The lowest BCUT2D eigenvalue weighted by molar-refractivity contribution is 0.316. The van der Waals surface area contributed by atoms with Crippen molar-refractivity contribution in [3.8, 4) is 23.3 Å². The summed E-state index contributed by atoms with van der Waals surface area (Å²) < 4.78 is 11.3. The topological polar surface area (TPSA) is 68.3 Å². The molecule has 0 bridgehead atoms. The quantitative estimate of drug-likeness (QED) is 0.839. The van der Waals surface area contributed by atoms with Gasteiger partial charge < -0.3 is 15.2 Å². The summed E-state index contributed by atoms with van der Waals surface area (Å²) in [7, 11) is 0. The molecule has 0 amide bonds. The van der Waals surface area contributed by atoms with Crippen molar-refractivity contribution in [2.75, 3.05) is 12.3 Å². The predicted molar refractivity (Wildman–Crippen MR) is 77.9 cm³/mol. The largest absolute Gasteiger partial charge is 0.493 e. The summed E-state index contributed by atoms with van der Waals surface area (Å²) in [5, 5.41) is 9.04. The summed E-state index contributed by atoms with van der Waals surface area (Å²) in [6, 6.07) is 14.4. The molecule has 4 heteroatoms. The first-order valence-electron chi connectivity index (χ1n) is 6.43. The normalized spacial score (nSPS) is 9.80. The van der Waals surface area contributed by atoms with E-state index in [1.54, 1.807) is 36.4 Å². The van der Waals surface area contributed by atoms with Gasteiger partial charge in [0.25, 0.3) is 0 Å². The number of nitrogens with two attached hydrogens (primary N) is 1. The Morgan fingerprint density at radius 1 is 1.15 bits per heavy atom. The fourth-order valence-electron chi connectivity index (χ4n) is 1.73. The maximum absolute atomic E-state index is 9.04. The maximum atomic E-state index is 9.04. The molecule has 0 heterocycles. The number of nitrogen functional groups attached to an aromatic ring is 1. The highest BCUT2D eigenvalue weighted by molar-refractivity contribution is 5.53. The Morgan fingerprint density at radius 3 is 2.65 bits per heavy atom. The minimum Gasteiger partial charge on any atom is -0.493 e. The monoisotopic (exact) mass is 268 g/mol. The number of nitriles is 1. The van der Waals surface area contributed by atoms with Crippen molar-refractivity contribution in [2.24, 2.45) is 0 Å². The molecular weight excluding hydrogens is 252 g/mol. The summed E-state index contributed by atoms with van der Waals surface area (Å²) in [6.45, 7) is 2.66. The van der Waals surface area contributed by atoms with E-state index < -0.39 is 0 Å². The Balaban J connectivity index is 2.25. The van der Waals surface area contributed by atoms with Crippen LogP contribution in [0.4, 0.5) is 5.69 Å². The first-order chi connectivity index (χ1) is 9.72. The molecule has 0 aliphatic rings. The average molecular weight is 268 g/mol. The van der Waals surface area contributed by atoms with Gasteiger partial charge in [0.15, 0.2) is 0 Å². The molecule has 0 aliphatic carbocycles. The lowest BCUT2D eigenvalue weighted by atomic mass is 10.2.